The van der Waals surface area contributed by atoms with Crippen molar-refractivity contribution in [2.75, 3.05) is 0 Å². The molecule has 0 aliphatic carbocycles. The molecule has 2 aliphatic heterocycles. The average molecular weight is 400 g/mol. The van der Waals surface area contributed by atoms with Gasteiger partial charge in [0.05, 0.1) is 4.47 Å². The van der Waals surface area contributed by atoms with E-state index in [1.54, 1.807) is 6.07 Å². The van der Waals surface area contributed by atoms with E-state index in [1.165, 1.54) is 12.1 Å². The second-order valence-electron chi connectivity index (χ2n) is 7.56. The van der Waals surface area contributed by atoms with Crippen LogP contribution in [0.3, 0.4) is 0 Å². The molecule has 0 spiro atoms. The molecule has 4 nitrogen and oxygen atoms in total. The van der Waals surface area contributed by atoms with Crippen LogP contribution in [0.2, 0.25) is 0 Å². The van der Waals surface area contributed by atoms with Crippen molar-refractivity contribution in [1.29, 1.82) is 0 Å². The summed E-state index contributed by atoms with van der Waals surface area (Å²) in [5.74, 6) is 0.201. The number of hydrogen-bond acceptors (Lipinski definition) is 3. The fourth-order valence-corrected chi connectivity index (χ4v) is 3.92. The van der Waals surface area contributed by atoms with Crippen LogP contribution in [0.1, 0.15) is 46.5 Å². The van der Waals surface area contributed by atoms with Gasteiger partial charge in [-0.25, -0.2) is 9.18 Å². The van der Waals surface area contributed by atoms with E-state index < -0.39 is 5.60 Å². The second kappa shape index (κ2) is 6.54. The molecule has 2 saturated heterocycles. The van der Waals surface area contributed by atoms with Crippen molar-refractivity contribution in [2.45, 2.75) is 70.2 Å². The quantitative estimate of drug-likeness (QED) is 0.709. The van der Waals surface area contributed by atoms with Gasteiger partial charge in [-0.3, -0.25) is 0 Å². The lowest BCUT2D eigenvalue weighted by atomic mass is 10.00. The fourth-order valence-electron chi connectivity index (χ4n) is 3.58. The highest BCUT2D eigenvalue weighted by Crippen LogP contribution is 2.39. The summed E-state index contributed by atoms with van der Waals surface area (Å²) < 4.78 is 25.7. The molecule has 2 heterocycles. The van der Waals surface area contributed by atoms with Crippen molar-refractivity contribution in [3.05, 3.63) is 28.5 Å². The summed E-state index contributed by atoms with van der Waals surface area (Å²) in [5.41, 5.74) is -0.490. The number of rotatable bonds is 2. The Labute approximate surface area is 150 Å². The predicted molar refractivity (Wildman–Crippen MR) is 92.6 cm³/mol. The topological polar surface area (TPSA) is 38.8 Å². The molecule has 2 aliphatic rings. The number of piperidine rings is 1. The molecule has 1 amide bonds. The van der Waals surface area contributed by atoms with E-state index in [2.05, 4.69) is 15.9 Å². The highest BCUT2D eigenvalue weighted by molar-refractivity contribution is 9.10. The van der Waals surface area contributed by atoms with E-state index in [4.69, 9.17) is 9.47 Å². The molecule has 0 unspecified atom stereocenters. The van der Waals surface area contributed by atoms with Crippen LogP contribution in [0.15, 0.2) is 22.7 Å². The average Bonchev–Trinajstić information content (AvgIpc) is 2.73. The first-order valence-electron chi connectivity index (χ1n) is 8.36. The van der Waals surface area contributed by atoms with Crippen molar-refractivity contribution in [1.82, 2.24) is 4.90 Å². The zero-order valence-electron chi connectivity index (χ0n) is 14.2. The minimum atomic E-state index is -0.490. The zero-order chi connectivity index (χ0) is 17.5. The van der Waals surface area contributed by atoms with Crippen LogP contribution >= 0.6 is 15.9 Å². The summed E-state index contributed by atoms with van der Waals surface area (Å²) in [7, 11) is 0. The summed E-state index contributed by atoms with van der Waals surface area (Å²) in [4.78, 5) is 14.3. The predicted octanol–water partition coefficient (Wildman–Crippen LogP) is 4.90. The third-order valence-electron chi connectivity index (χ3n) is 4.48. The Balaban J connectivity index is 1.67. The number of fused-ring (bicyclic) bond motifs is 2. The highest BCUT2D eigenvalue weighted by atomic mass is 79.9. The van der Waals surface area contributed by atoms with E-state index in [1.807, 2.05) is 25.7 Å². The van der Waals surface area contributed by atoms with E-state index in [0.29, 0.717) is 5.75 Å². The Bertz CT molecular complexity index is 617. The van der Waals surface area contributed by atoms with Crippen LogP contribution in [0.5, 0.6) is 5.75 Å². The molecule has 132 valence electrons. The van der Waals surface area contributed by atoms with Crippen molar-refractivity contribution in [3.8, 4) is 5.75 Å². The standard InChI is InChI=1S/C18H23BrFNO3/c1-18(2,3)24-17(22)21-12-5-6-13(21)10-14(9-12)23-16-8-11(20)4-7-15(16)19/h4,7-8,12-14H,5-6,9-10H2,1-3H3/t12-,13+,14-. The maximum atomic E-state index is 13.4. The third-order valence-corrected chi connectivity index (χ3v) is 5.14. The van der Waals surface area contributed by atoms with Crippen LogP contribution in [-0.4, -0.2) is 34.8 Å². The van der Waals surface area contributed by atoms with Crippen molar-refractivity contribution in [3.63, 3.8) is 0 Å². The molecule has 1 aromatic carbocycles. The number of benzene rings is 1. The summed E-state index contributed by atoms with van der Waals surface area (Å²) in [6.07, 6.45) is 3.18. The monoisotopic (exact) mass is 399 g/mol. The van der Waals surface area contributed by atoms with Crippen molar-refractivity contribution < 1.29 is 18.7 Å². The molecule has 2 bridgehead atoms. The fraction of sp³-hybridized carbons (Fsp3) is 0.611. The molecule has 24 heavy (non-hydrogen) atoms. The molecular formula is C18H23BrFNO3. The number of ether oxygens (including phenoxy) is 2. The molecule has 6 heteroatoms. The maximum Gasteiger partial charge on any atom is 0.410 e. The summed E-state index contributed by atoms with van der Waals surface area (Å²) >= 11 is 3.40. The van der Waals surface area contributed by atoms with Crippen LogP contribution < -0.4 is 4.74 Å². The van der Waals surface area contributed by atoms with Gasteiger partial charge in [-0.2, -0.15) is 0 Å². The van der Waals surface area contributed by atoms with Crippen LogP contribution in [0.25, 0.3) is 0 Å². The number of halogens is 2. The second-order valence-corrected chi connectivity index (χ2v) is 8.41. The van der Waals surface area contributed by atoms with Gasteiger partial charge in [0.15, 0.2) is 0 Å². The smallest absolute Gasteiger partial charge is 0.410 e. The molecule has 1 aromatic rings. The molecule has 2 fully saturated rings. The lowest BCUT2D eigenvalue weighted by molar-refractivity contribution is -0.00718. The van der Waals surface area contributed by atoms with Gasteiger partial charge >= 0.3 is 6.09 Å². The number of hydrogen-bond donors (Lipinski definition) is 0. The minimum absolute atomic E-state index is 0.0145. The highest BCUT2D eigenvalue weighted by Gasteiger charge is 2.45. The van der Waals surface area contributed by atoms with Gasteiger partial charge in [-0.1, -0.05) is 0 Å². The Morgan fingerprint density at radius 3 is 2.46 bits per heavy atom. The Kier molecular flexibility index (Phi) is 4.78. The summed E-state index contributed by atoms with van der Waals surface area (Å²) in [6.45, 7) is 5.64. The van der Waals surface area contributed by atoms with Crippen LogP contribution in [0.4, 0.5) is 9.18 Å². The normalized spacial score (nSPS) is 26.4. The van der Waals surface area contributed by atoms with Crippen LogP contribution in [-0.2, 0) is 4.74 Å². The van der Waals surface area contributed by atoms with Gasteiger partial charge in [0.25, 0.3) is 0 Å². The first kappa shape index (κ1) is 17.5. The van der Waals surface area contributed by atoms with E-state index >= 15 is 0 Å². The largest absolute Gasteiger partial charge is 0.489 e. The van der Waals surface area contributed by atoms with Gasteiger partial charge in [0.1, 0.15) is 23.3 Å². The number of carbonyl (C=O) groups is 1. The third kappa shape index (κ3) is 3.85. The van der Waals surface area contributed by atoms with Crippen molar-refractivity contribution in [2.24, 2.45) is 0 Å². The lowest BCUT2D eigenvalue weighted by Gasteiger charge is -2.39. The molecule has 0 saturated carbocycles. The first-order valence-corrected chi connectivity index (χ1v) is 9.15. The zero-order valence-corrected chi connectivity index (χ0v) is 15.8. The number of carbonyl (C=O) groups excluding carboxylic acids is 1. The minimum Gasteiger partial charge on any atom is -0.489 e. The van der Waals surface area contributed by atoms with Gasteiger partial charge in [0.2, 0.25) is 0 Å². The number of amides is 1. The molecular weight excluding hydrogens is 377 g/mol. The molecule has 0 radical (unpaired) electrons. The van der Waals surface area contributed by atoms with E-state index in [-0.39, 0.29) is 30.1 Å². The molecule has 0 N–H and O–H groups in total. The first-order chi connectivity index (χ1) is 11.2. The van der Waals surface area contributed by atoms with E-state index in [0.717, 1.165) is 30.2 Å². The SMILES string of the molecule is CC(C)(C)OC(=O)N1[C@@H]2CC[C@H]1C[C@H](Oc1cc(F)ccc1Br)C2. The Hall–Kier alpha value is -1.30. The summed E-state index contributed by atoms with van der Waals surface area (Å²) in [5, 5.41) is 0. The maximum absolute atomic E-state index is 13.4. The molecule has 3 rings (SSSR count). The van der Waals surface area contributed by atoms with Gasteiger partial charge in [-0.15, -0.1) is 0 Å². The summed E-state index contributed by atoms with van der Waals surface area (Å²) in [6, 6.07) is 4.71. The Morgan fingerprint density at radius 2 is 1.88 bits per heavy atom. The molecule has 0 aromatic heterocycles. The van der Waals surface area contributed by atoms with Crippen LogP contribution in [0, 0.1) is 5.82 Å². The van der Waals surface area contributed by atoms with E-state index in [9.17, 15) is 9.18 Å². The molecule has 3 atom stereocenters. The Morgan fingerprint density at radius 1 is 1.25 bits per heavy atom. The number of nitrogens with zero attached hydrogens (tertiary/aromatic N) is 1. The van der Waals surface area contributed by atoms with Gasteiger partial charge < -0.3 is 14.4 Å². The lowest BCUT2D eigenvalue weighted by Crippen LogP contribution is -2.50. The van der Waals surface area contributed by atoms with Gasteiger partial charge in [-0.05, 0) is 61.7 Å². The van der Waals surface area contributed by atoms with Gasteiger partial charge in [0, 0.05) is 31.0 Å². The van der Waals surface area contributed by atoms with Crippen molar-refractivity contribution >= 4 is 22.0 Å².